The topological polar surface area (TPSA) is 105 Å². The van der Waals surface area contributed by atoms with Crippen molar-refractivity contribution in [3.63, 3.8) is 0 Å². The number of carboxylic acids is 1. The van der Waals surface area contributed by atoms with Crippen molar-refractivity contribution >= 4 is 18.1 Å². The lowest BCUT2D eigenvalue weighted by atomic mass is 10.1. The van der Waals surface area contributed by atoms with Crippen molar-refractivity contribution in [1.82, 2.24) is 10.2 Å². The molecule has 0 aromatic heterocycles. The molecule has 1 rings (SSSR count). The monoisotopic (exact) mass is 296 g/mol. The Labute approximate surface area is 121 Å². The van der Waals surface area contributed by atoms with Gasteiger partial charge in [0, 0.05) is 7.05 Å². The molecule has 0 spiro atoms. The fourth-order valence-electron chi connectivity index (χ4n) is 1.40. The molecule has 0 unspecified atom stereocenters. The first-order chi connectivity index (χ1) is 9.93. The molecule has 0 heterocycles. The number of nitrogens with zero attached hydrogens (tertiary/aromatic N) is 1. The first-order valence-corrected chi connectivity index (χ1v) is 5.97. The number of carboxylic acid groups (broad SMARTS) is 1. The molecular formula is C13H16N2O6. The highest BCUT2D eigenvalue weighted by Gasteiger charge is 2.16. The van der Waals surface area contributed by atoms with Gasteiger partial charge in [-0.1, -0.05) is 12.1 Å². The molecule has 2 N–H and O–H groups in total. The number of benzene rings is 1. The molecule has 1 aromatic rings. The lowest BCUT2D eigenvalue weighted by molar-refractivity contribution is -0.136. The van der Waals surface area contributed by atoms with E-state index in [1.807, 2.05) is 0 Å². The van der Waals surface area contributed by atoms with Crippen LogP contribution in [0.1, 0.15) is 5.56 Å². The van der Waals surface area contributed by atoms with Crippen molar-refractivity contribution in [3.8, 4) is 5.75 Å². The highest BCUT2D eigenvalue weighted by molar-refractivity contribution is 5.90. The van der Waals surface area contributed by atoms with E-state index in [0.717, 1.165) is 4.90 Å². The highest BCUT2D eigenvalue weighted by atomic mass is 16.5. The van der Waals surface area contributed by atoms with E-state index in [0.29, 0.717) is 11.3 Å². The summed E-state index contributed by atoms with van der Waals surface area (Å²) in [5.74, 6) is -0.452. The van der Waals surface area contributed by atoms with Crippen LogP contribution in [-0.4, -0.2) is 49.0 Å². The second-order valence-corrected chi connectivity index (χ2v) is 4.01. The van der Waals surface area contributed by atoms with Crippen LogP contribution in [0.5, 0.6) is 5.75 Å². The largest absolute Gasteiger partial charge is 0.481 e. The Morgan fingerprint density at radius 1 is 1.24 bits per heavy atom. The minimum atomic E-state index is -0.915. The number of carbonyl (C=O) groups excluding carboxylic acids is 2. The normalized spacial score (nSPS) is 9.62. The van der Waals surface area contributed by atoms with Crippen LogP contribution in [0.4, 0.5) is 9.59 Å². The summed E-state index contributed by atoms with van der Waals surface area (Å²) in [5.41, 5.74) is 0.643. The summed E-state index contributed by atoms with van der Waals surface area (Å²) in [7, 11) is 2.43. The molecule has 8 heteroatoms. The van der Waals surface area contributed by atoms with Crippen LogP contribution in [0.25, 0.3) is 0 Å². The first-order valence-electron chi connectivity index (χ1n) is 5.97. The van der Waals surface area contributed by atoms with Crippen molar-refractivity contribution in [2.75, 3.05) is 20.9 Å². The average molecular weight is 296 g/mol. The number of ether oxygens (including phenoxy) is 2. The van der Waals surface area contributed by atoms with E-state index < -0.39 is 18.1 Å². The predicted octanol–water partition coefficient (Wildman–Crippen LogP) is 1.06. The number of imide groups is 1. The molecule has 0 aliphatic carbocycles. The Bertz CT molecular complexity index is 514. The summed E-state index contributed by atoms with van der Waals surface area (Å²) in [6.45, 7) is -0.140. The predicted molar refractivity (Wildman–Crippen MR) is 72.0 cm³/mol. The van der Waals surface area contributed by atoms with Gasteiger partial charge in [-0.3, -0.25) is 4.79 Å². The number of hydrogen-bond donors (Lipinski definition) is 2. The third-order valence-electron chi connectivity index (χ3n) is 2.49. The lowest BCUT2D eigenvalue weighted by Crippen LogP contribution is -2.42. The molecule has 0 atom stereocenters. The van der Waals surface area contributed by atoms with E-state index in [4.69, 9.17) is 9.84 Å². The van der Waals surface area contributed by atoms with Crippen LogP contribution in [0.3, 0.4) is 0 Å². The highest BCUT2D eigenvalue weighted by Crippen LogP contribution is 2.12. The minimum Gasteiger partial charge on any atom is -0.481 e. The van der Waals surface area contributed by atoms with Gasteiger partial charge in [0.15, 0.2) is 6.73 Å². The fourth-order valence-corrected chi connectivity index (χ4v) is 1.40. The number of urea groups is 1. The summed E-state index contributed by atoms with van der Waals surface area (Å²) < 4.78 is 9.62. The quantitative estimate of drug-likeness (QED) is 0.787. The fraction of sp³-hybridized carbons (Fsp3) is 0.308. The number of nitrogens with one attached hydrogen (secondary N) is 1. The zero-order valence-corrected chi connectivity index (χ0v) is 11.7. The minimum absolute atomic E-state index is 0.0685. The Morgan fingerprint density at radius 3 is 2.38 bits per heavy atom. The molecule has 0 radical (unpaired) electrons. The maximum atomic E-state index is 11.5. The van der Waals surface area contributed by atoms with Crippen LogP contribution in [0.15, 0.2) is 24.3 Å². The molecule has 0 bridgehead atoms. The second kappa shape index (κ2) is 7.73. The van der Waals surface area contributed by atoms with Crippen LogP contribution in [-0.2, 0) is 16.0 Å². The summed E-state index contributed by atoms with van der Waals surface area (Å²) in [6, 6.07) is 5.75. The molecule has 8 nitrogen and oxygen atoms in total. The summed E-state index contributed by atoms with van der Waals surface area (Å²) in [5, 5.41) is 11.0. The summed E-state index contributed by atoms with van der Waals surface area (Å²) in [4.78, 5) is 33.8. The van der Waals surface area contributed by atoms with Gasteiger partial charge in [-0.05, 0) is 17.7 Å². The van der Waals surface area contributed by atoms with Crippen molar-refractivity contribution in [1.29, 1.82) is 0 Å². The van der Waals surface area contributed by atoms with Gasteiger partial charge in [0.05, 0.1) is 13.5 Å². The maximum Gasteiger partial charge on any atom is 0.417 e. The van der Waals surface area contributed by atoms with Crippen LogP contribution in [0, 0.1) is 0 Å². The van der Waals surface area contributed by atoms with Crippen molar-refractivity contribution in [2.45, 2.75) is 6.42 Å². The Kier molecular flexibility index (Phi) is 5.99. The maximum absolute atomic E-state index is 11.5. The van der Waals surface area contributed by atoms with Gasteiger partial charge in [-0.2, -0.15) is 0 Å². The number of hydrogen-bond acceptors (Lipinski definition) is 5. The number of methoxy groups -OCH3 is 1. The van der Waals surface area contributed by atoms with E-state index in [2.05, 4.69) is 10.1 Å². The first kappa shape index (κ1) is 16.3. The zero-order chi connectivity index (χ0) is 15.8. The number of amides is 3. The van der Waals surface area contributed by atoms with E-state index in [1.165, 1.54) is 14.2 Å². The average Bonchev–Trinajstić information content (AvgIpc) is 2.46. The van der Waals surface area contributed by atoms with Gasteiger partial charge in [-0.15, -0.1) is 0 Å². The molecular weight excluding hydrogens is 280 g/mol. The third-order valence-corrected chi connectivity index (χ3v) is 2.49. The summed E-state index contributed by atoms with van der Waals surface area (Å²) >= 11 is 0. The van der Waals surface area contributed by atoms with Gasteiger partial charge in [0.2, 0.25) is 0 Å². The molecule has 3 amide bonds. The summed E-state index contributed by atoms with van der Waals surface area (Å²) in [6.07, 6.45) is -0.855. The van der Waals surface area contributed by atoms with Gasteiger partial charge < -0.3 is 19.9 Å². The van der Waals surface area contributed by atoms with E-state index in [1.54, 1.807) is 24.3 Å². The van der Waals surface area contributed by atoms with Gasteiger partial charge in [-0.25, -0.2) is 14.5 Å². The SMILES string of the molecule is COC(=O)N(C)C(=O)NCOc1ccc(CC(=O)O)cc1. The van der Waals surface area contributed by atoms with E-state index in [-0.39, 0.29) is 13.2 Å². The Morgan fingerprint density at radius 2 is 1.86 bits per heavy atom. The number of carbonyl (C=O) groups is 3. The van der Waals surface area contributed by atoms with Gasteiger partial charge in [0.25, 0.3) is 0 Å². The molecule has 114 valence electrons. The van der Waals surface area contributed by atoms with Crippen molar-refractivity contribution < 1.29 is 29.0 Å². The zero-order valence-electron chi connectivity index (χ0n) is 11.7. The van der Waals surface area contributed by atoms with Gasteiger partial charge >= 0.3 is 18.1 Å². The number of rotatable bonds is 5. The molecule has 1 aromatic carbocycles. The van der Waals surface area contributed by atoms with Crippen LogP contribution in [0.2, 0.25) is 0 Å². The molecule has 0 saturated carbocycles. The third kappa shape index (κ3) is 5.39. The number of aliphatic carboxylic acids is 1. The Hall–Kier alpha value is -2.77. The molecule has 0 aliphatic rings. The smallest absolute Gasteiger partial charge is 0.417 e. The van der Waals surface area contributed by atoms with Crippen LogP contribution < -0.4 is 10.1 Å². The Balaban J connectivity index is 2.40. The standard InChI is InChI=1S/C13H16N2O6/c1-15(13(19)20-2)12(18)14-8-21-10-5-3-9(4-6-10)7-11(16)17/h3-6H,7-8H2,1-2H3,(H,14,18)(H,16,17). The molecule has 0 fully saturated rings. The van der Waals surface area contributed by atoms with E-state index in [9.17, 15) is 14.4 Å². The lowest BCUT2D eigenvalue weighted by Gasteiger charge is -2.15. The molecule has 0 saturated heterocycles. The molecule has 21 heavy (non-hydrogen) atoms. The second-order valence-electron chi connectivity index (χ2n) is 4.01. The van der Waals surface area contributed by atoms with E-state index >= 15 is 0 Å². The van der Waals surface area contributed by atoms with Gasteiger partial charge in [0.1, 0.15) is 5.75 Å². The molecule has 0 aliphatic heterocycles. The van der Waals surface area contributed by atoms with Crippen molar-refractivity contribution in [2.24, 2.45) is 0 Å². The van der Waals surface area contributed by atoms with Crippen LogP contribution >= 0.6 is 0 Å². The van der Waals surface area contributed by atoms with Crippen molar-refractivity contribution in [3.05, 3.63) is 29.8 Å².